The third kappa shape index (κ3) is 3.72. The van der Waals surface area contributed by atoms with E-state index in [4.69, 9.17) is 0 Å². The van der Waals surface area contributed by atoms with E-state index >= 15 is 0 Å². The standard InChI is InChI=1S/C21H22N4O/c1-4-16-10-8-9-15(2)20(16)24-19-13-18(22-14-23-19)21(26)25(3)17-11-6-5-7-12-17/h5-14H,4H2,1-3H3,(H,22,23,24). The van der Waals surface area contributed by atoms with Gasteiger partial charge < -0.3 is 10.2 Å². The molecule has 0 atom stereocenters. The van der Waals surface area contributed by atoms with Gasteiger partial charge in [0.1, 0.15) is 17.8 Å². The van der Waals surface area contributed by atoms with Crippen molar-refractivity contribution in [2.24, 2.45) is 0 Å². The van der Waals surface area contributed by atoms with E-state index in [1.807, 2.05) is 36.4 Å². The van der Waals surface area contributed by atoms with Gasteiger partial charge >= 0.3 is 0 Å². The maximum Gasteiger partial charge on any atom is 0.276 e. The number of nitrogens with zero attached hydrogens (tertiary/aromatic N) is 3. The van der Waals surface area contributed by atoms with Crippen LogP contribution in [0.25, 0.3) is 0 Å². The lowest BCUT2D eigenvalue weighted by atomic mass is 10.1. The van der Waals surface area contributed by atoms with Gasteiger partial charge in [0.25, 0.3) is 5.91 Å². The number of para-hydroxylation sites is 2. The SMILES string of the molecule is CCc1cccc(C)c1Nc1cc(C(=O)N(C)c2ccccc2)ncn1. The maximum absolute atomic E-state index is 12.7. The Labute approximate surface area is 153 Å². The second-order valence-electron chi connectivity index (χ2n) is 6.08. The smallest absolute Gasteiger partial charge is 0.276 e. The van der Waals surface area contributed by atoms with Gasteiger partial charge in [0.2, 0.25) is 0 Å². The number of benzene rings is 2. The molecule has 0 aliphatic rings. The van der Waals surface area contributed by atoms with Crippen LogP contribution in [0.4, 0.5) is 17.2 Å². The summed E-state index contributed by atoms with van der Waals surface area (Å²) in [6.45, 7) is 4.17. The van der Waals surface area contributed by atoms with E-state index in [0.29, 0.717) is 11.5 Å². The molecule has 0 unspecified atom stereocenters. The number of carbonyl (C=O) groups excluding carboxylic acids is 1. The van der Waals surface area contributed by atoms with E-state index in [0.717, 1.165) is 23.4 Å². The Morgan fingerprint density at radius 3 is 2.58 bits per heavy atom. The van der Waals surface area contributed by atoms with Crippen LogP contribution in [0.1, 0.15) is 28.5 Å². The van der Waals surface area contributed by atoms with Crippen molar-refractivity contribution < 1.29 is 4.79 Å². The summed E-state index contributed by atoms with van der Waals surface area (Å²) in [6, 6.07) is 17.4. The average Bonchev–Trinajstić information content (AvgIpc) is 2.69. The molecule has 0 saturated carbocycles. The molecule has 1 aromatic heterocycles. The number of amides is 1. The zero-order chi connectivity index (χ0) is 18.5. The highest BCUT2D eigenvalue weighted by atomic mass is 16.2. The van der Waals surface area contributed by atoms with Crippen molar-refractivity contribution in [2.75, 3.05) is 17.3 Å². The highest BCUT2D eigenvalue weighted by Gasteiger charge is 2.16. The van der Waals surface area contributed by atoms with Crippen molar-refractivity contribution in [1.29, 1.82) is 0 Å². The van der Waals surface area contributed by atoms with E-state index in [2.05, 4.69) is 41.3 Å². The molecule has 0 spiro atoms. The first-order valence-corrected chi connectivity index (χ1v) is 8.60. The summed E-state index contributed by atoms with van der Waals surface area (Å²) in [7, 11) is 1.74. The summed E-state index contributed by atoms with van der Waals surface area (Å²) in [5.41, 5.74) is 4.54. The predicted molar refractivity (Wildman–Crippen MR) is 105 cm³/mol. The average molecular weight is 346 g/mol. The number of aryl methyl sites for hydroxylation is 2. The largest absolute Gasteiger partial charge is 0.340 e. The molecule has 0 radical (unpaired) electrons. The van der Waals surface area contributed by atoms with Crippen LogP contribution in [0, 0.1) is 6.92 Å². The van der Waals surface area contributed by atoms with Crippen LogP contribution in [-0.2, 0) is 6.42 Å². The zero-order valence-corrected chi connectivity index (χ0v) is 15.2. The van der Waals surface area contributed by atoms with Crippen molar-refractivity contribution in [3.63, 3.8) is 0 Å². The summed E-state index contributed by atoms with van der Waals surface area (Å²) in [4.78, 5) is 22.8. The first-order valence-electron chi connectivity index (χ1n) is 8.60. The van der Waals surface area contributed by atoms with E-state index < -0.39 is 0 Å². The van der Waals surface area contributed by atoms with E-state index in [-0.39, 0.29) is 5.91 Å². The van der Waals surface area contributed by atoms with Gasteiger partial charge in [0, 0.05) is 24.5 Å². The number of carbonyl (C=O) groups is 1. The van der Waals surface area contributed by atoms with Gasteiger partial charge in [-0.3, -0.25) is 4.79 Å². The van der Waals surface area contributed by atoms with Gasteiger partial charge in [-0.05, 0) is 36.6 Å². The van der Waals surface area contributed by atoms with Gasteiger partial charge in [-0.15, -0.1) is 0 Å². The third-order valence-electron chi connectivity index (χ3n) is 4.33. The fraction of sp³-hybridized carbons (Fsp3) is 0.190. The number of anilines is 3. The van der Waals surface area contributed by atoms with Crippen molar-refractivity contribution in [2.45, 2.75) is 20.3 Å². The normalized spacial score (nSPS) is 10.4. The molecule has 0 aliphatic heterocycles. The van der Waals surface area contributed by atoms with Crippen molar-refractivity contribution in [3.05, 3.63) is 77.7 Å². The highest BCUT2D eigenvalue weighted by molar-refractivity contribution is 6.04. The first kappa shape index (κ1) is 17.6. The van der Waals surface area contributed by atoms with Crippen molar-refractivity contribution >= 4 is 23.1 Å². The quantitative estimate of drug-likeness (QED) is 0.745. The monoisotopic (exact) mass is 346 g/mol. The van der Waals surface area contributed by atoms with Gasteiger partial charge in [-0.25, -0.2) is 9.97 Å². The first-order chi connectivity index (χ1) is 12.6. The fourth-order valence-electron chi connectivity index (χ4n) is 2.81. The Balaban J connectivity index is 1.86. The minimum absolute atomic E-state index is 0.179. The Hall–Kier alpha value is -3.21. The van der Waals surface area contributed by atoms with E-state index in [9.17, 15) is 4.79 Å². The molecule has 3 rings (SSSR count). The maximum atomic E-state index is 12.7. The summed E-state index contributed by atoms with van der Waals surface area (Å²) in [5, 5.41) is 3.34. The Morgan fingerprint density at radius 2 is 1.85 bits per heavy atom. The molecule has 1 heterocycles. The topological polar surface area (TPSA) is 58.1 Å². The van der Waals surface area contributed by atoms with Gasteiger partial charge in [-0.2, -0.15) is 0 Å². The van der Waals surface area contributed by atoms with Gasteiger partial charge in [0.15, 0.2) is 0 Å². The minimum atomic E-state index is -0.179. The molecule has 3 aromatic rings. The third-order valence-corrected chi connectivity index (χ3v) is 4.33. The van der Waals surface area contributed by atoms with Crippen LogP contribution in [-0.4, -0.2) is 22.9 Å². The van der Waals surface area contributed by atoms with Crippen LogP contribution in [0.2, 0.25) is 0 Å². The lowest BCUT2D eigenvalue weighted by molar-refractivity contribution is 0.0988. The van der Waals surface area contributed by atoms with Gasteiger partial charge in [-0.1, -0.05) is 43.3 Å². The summed E-state index contributed by atoms with van der Waals surface area (Å²) < 4.78 is 0. The number of aromatic nitrogens is 2. The van der Waals surface area contributed by atoms with Crippen LogP contribution in [0.3, 0.4) is 0 Å². The lowest BCUT2D eigenvalue weighted by Crippen LogP contribution is -2.27. The molecular weight excluding hydrogens is 324 g/mol. The molecule has 5 heteroatoms. The number of rotatable bonds is 5. The van der Waals surface area contributed by atoms with Gasteiger partial charge in [0.05, 0.1) is 0 Å². The minimum Gasteiger partial charge on any atom is -0.340 e. The van der Waals surface area contributed by atoms with E-state index in [1.54, 1.807) is 18.0 Å². The number of hydrogen-bond acceptors (Lipinski definition) is 4. The molecule has 132 valence electrons. The number of nitrogens with one attached hydrogen (secondary N) is 1. The molecule has 0 saturated heterocycles. The van der Waals surface area contributed by atoms with Crippen LogP contribution in [0.5, 0.6) is 0 Å². The lowest BCUT2D eigenvalue weighted by Gasteiger charge is -2.17. The summed E-state index contributed by atoms with van der Waals surface area (Å²) in [5.74, 6) is 0.427. The van der Waals surface area contributed by atoms with Crippen molar-refractivity contribution in [1.82, 2.24) is 9.97 Å². The second kappa shape index (κ2) is 7.78. The molecule has 0 aliphatic carbocycles. The summed E-state index contributed by atoms with van der Waals surface area (Å²) in [6.07, 6.45) is 2.33. The summed E-state index contributed by atoms with van der Waals surface area (Å²) >= 11 is 0. The van der Waals surface area contributed by atoms with Crippen LogP contribution in [0.15, 0.2) is 60.9 Å². The molecular formula is C21H22N4O. The zero-order valence-electron chi connectivity index (χ0n) is 15.2. The van der Waals surface area contributed by atoms with Crippen molar-refractivity contribution in [3.8, 4) is 0 Å². The molecule has 0 bridgehead atoms. The van der Waals surface area contributed by atoms with E-state index in [1.165, 1.54) is 11.9 Å². The molecule has 26 heavy (non-hydrogen) atoms. The molecule has 5 nitrogen and oxygen atoms in total. The Bertz CT molecular complexity index is 909. The second-order valence-corrected chi connectivity index (χ2v) is 6.08. The molecule has 1 amide bonds. The molecule has 1 N–H and O–H groups in total. The molecule has 2 aromatic carbocycles. The highest BCUT2D eigenvalue weighted by Crippen LogP contribution is 2.25. The van der Waals surface area contributed by atoms with Crippen LogP contribution >= 0.6 is 0 Å². The molecule has 0 fully saturated rings. The van der Waals surface area contributed by atoms with Crippen LogP contribution < -0.4 is 10.2 Å². The number of hydrogen-bond donors (Lipinski definition) is 1. The predicted octanol–water partition coefficient (Wildman–Crippen LogP) is 4.37. The Kier molecular flexibility index (Phi) is 5.27. The fourth-order valence-corrected chi connectivity index (χ4v) is 2.81. The Morgan fingerprint density at radius 1 is 1.08 bits per heavy atom.